The summed E-state index contributed by atoms with van der Waals surface area (Å²) in [6, 6.07) is 3.05. The zero-order chi connectivity index (χ0) is 18.7. The summed E-state index contributed by atoms with van der Waals surface area (Å²) < 4.78 is 6.04. The molecule has 140 valence electrons. The van der Waals surface area contributed by atoms with Gasteiger partial charge in [-0.05, 0) is 67.2 Å². The fourth-order valence-electron chi connectivity index (χ4n) is 3.25. The summed E-state index contributed by atoms with van der Waals surface area (Å²) >= 11 is 3.24. The lowest BCUT2D eigenvalue weighted by atomic mass is 9.97. The van der Waals surface area contributed by atoms with E-state index < -0.39 is 17.8 Å². The van der Waals surface area contributed by atoms with Crippen LogP contribution in [0.15, 0.2) is 32.9 Å². The van der Waals surface area contributed by atoms with Crippen molar-refractivity contribution in [1.29, 1.82) is 0 Å². The first-order chi connectivity index (χ1) is 12.5. The van der Waals surface area contributed by atoms with Gasteiger partial charge in [-0.3, -0.25) is 19.4 Å². The molecule has 0 N–H and O–H groups in total. The van der Waals surface area contributed by atoms with E-state index in [1.807, 2.05) is 6.07 Å². The van der Waals surface area contributed by atoms with E-state index in [4.69, 9.17) is 4.42 Å². The van der Waals surface area contributed by atoms with Crippen molar-refractivity contribution in [3.8, 4) is 0 Å². The lowest BCUT2D eigenvalue weighted by molar-refractivity contribution is -0.143. The SMILES string of the molecule is CN(Cc1ccc(Br)o1)CN1C(=O)C(=O)N(CCC2=CCCCC2)C1=O. The third-order valence-electron chi connectivity index (χ3n) is 4.61. The molecule has 0 atom stereocenters. The summed E-state index contributed by atoms with van der Waals surface area (Å²) in [6.45, 7) is 0.727. The quantitative estimate of drug-likeness (QED) is 0.382. The number of amides is 4. The number of carbonyl (C=O) groups is 3. The highest BCUT2D eigenvalue weighted by molar-refractivity contribution is 9.10. The van der Waals surface area contributed by atoms with Gasteiger partial charge in [0.15, 0.2) is 4.67 Å². The van der Waals surface area contributed by atoms with Gasteiger partial charge in [0.05, 0.1) is 13.2 Å². The minimum atomic E-state index is -0.764. The maximum Gasteiger partial charge on any atom is 0.335 e. The van der Waals surface area contributed by atoms with Gasteiger partial charge >= 0.3 is 17.8 Å². The zero-order valence-electron chi connectivity index (χ0n) is 14.7. The number of hydrogen-bond donors (Lipinski definition) is 0. The Morgan fingerprint density at radius 2 is 1.92 bits per heavy atom. The maximum absolute atomic E-state index is 12.5. The molecule has 26 heavy (non-hydrogen) atoms. The number of urea groups is 1. The minimum Gasteiger partial charge on any atom is -0.453 e. The molecule has 1 aliphatic heterocycles. The third-order valence-corrected chi connectivity index (χ3v) is 5.04. The van der Waals surface area contributed by atoms with Crippen LogP contribution in [0.1, 0.15) is 37.9 Å². The predicted molar refractivity (Wildman–Crippen MR) is 97.9 cm³/mol. The molecule has 1 aliphatic carbocycles. The molecule has 0 radical (unpaired) electrons. The van der Waals surface area contributed by atoms with Crippen molar-refractivity contribution in [1.82, 2.24) is 14.7 Å². The Bertz CT molecular complexity index is 743. The molecular formula is C18H22BrN3O4. The fraction of sp³-hybridized carbons (Fsp3) is 0.500. The predicted octanol–water partition coefficient (Wildman–Crippen LogP) is 3.11. The largest absolute Gasteiger partial charge is 0.453 e. The second kappa shape index (κ2) is 8.18. The Kier molecular flexibility index (Phi) is 5.93. The highest BCUT2D eigenvalue weighted by Gasteiger charge is 2.44. The Hall–Kier alpha value is -1.93. The van der Waals surface area contributed by atoms with Crippen molar-refractivity contribution in [3.63, 3.8) is 0 Å². The van der Waals surface area contributed by atoms with Crippen molar-refractivity contribution in [2.24, 2.45) is 0 Å². The van der Waals surface area contributed by atoms with Crippen LogP contribution >= 0.6 is 15.9 Å². The smallest absolute Gasteiger partial charge is 0.335 e. The second-order valence-corrected chi connectivity index (χ2v) is 7.47. The van der Waals surface area contributed by atoms with Crippen molar-refractivity contribution in [3.05, 3.63) is 34.2 Å². The molecule has 0 aromatic carbocycles. The average Bonchev–Trinajstić information content (AvgIpc) is 3.11. The molecule has 0 bridgehead atoms. The Balaban J connectivity index is 1.57. The molecule has 8 heteroatoms. The van der Waals surface area contributed by atoms with E-state index in [1.165, 1.54) is 12.0 Å². The molecule has 1 saturated heterocycles. The summed E-state index contributed by atoms with van der Waals surface area (Å²) in [6.07, 6.45) is 7.23. The van der Waals surface area contributed by atoms with Crippen molar-refractivity contribution < 1.29 is 18.8 Å². The third kappa shape index (κ3) is 4.24. The molecule has 1 aromatic heterocycles. The number of carbonyl (C=O) groups excluding carboxylic acids is 3. The van der Waals surface area contributed by atoms with Gasteiger partial charge in [0.25, 0.3) is 0 Å². The van der Waals surface area contributed by atoms with Crippen LogP contribution in [0.3, 0.4) is 0 Å². The van der Waals surface area contributed by atoms with Gasteiger partial charge in [-0.2, -0.15) is 0 Å². The van der Waals surface area contributed by atoms with Crippen molar-refractivity contribution in [2.45, 2.75) is 38.6 Å². The summed E-state index contributed by atoms with van der Waals surface area (Å²) in [5, 5.41) is 0. The van der Waals surface area contributed by atoms with Gasteiger partial charge in [-0.15, -0.1) is 0 Å². The van der Waals surface area contributed by atoms with E-state index >= 15 is 0 Å². The van der Waals surface area contributed by atoms with Crippen LogP contribution in [0.4, 0.5) is 4.79 Å². The monoisotopic (exact) mass is 423 g/mol. The first-order valence-electron chi connectivity index (χ1n) is 8.73. The topological polar surface area (TPSA) is 74.1 Å². The molecule has 1 aromatic rings. The normalized spacial score (nSPS) is 18.3. The number of rotatable bonds is 7. The number of nitrogens with zero attached hydrogens (tertiary/aromatic N) is 3. The molecule has 2 aliphatic rings. The fourth-order valence-corrected chi connectivity index (χ4v) is 3.59. The van der Waals surface area contributed by atoms with Crippen LogP contribution < -0.4 is 0 Å². The summed E-state index contributed by atoms with van der Waals surface area (Å²) in [5.41, 5.74) is 1.27. The molecular weight excluding hydrogens is 402 g/mol. The standard InChI is InChI=1S/C18H22BrN3O4/c1-20(11-14-7-8-15(19)26-14)12-22-17(24)16(23)21(18(22)25)10-9-13-5-3-2-4-6-13/h5,7-8H,2-4,6,9-12H2,1H3. The summed E-state index contributed by atoms with van der Waals surface area (Å²) in [4.78, 5) is 40.7. The van der Waals surface area contributed by atoms with Gasteiger partial charge in [0.2, 0.25) is 0 Å². The van der Waals surface area contributed by atoms with Crippen LogP contribution in [-0.2, 0) is 16.1 Å². The van der Waals surface area contributed by atoms with Crippen LogP contribution in [-0.4, -0.2) is 52.8 Å². The molecule has 1 fully saturated rings. The Labute approximate surface area is 160 Å². The molecule has 2 heterocycles. The van der Waals surface area contributed by atoms with Crippen LogP contribution in [0.5, 0.6) is 0 Å². The number of allylic oxidation sites excluding steroid dienone is 1. The maximum atomic E-state index is 12.5. The van der Waals surface area contributed by atoms with E-state index in [0.717, 1.165) is 29.1 Å². The molecule has 0 unspecified atom stereocenters. The lowest BCUT2D eigenvalue weighted by Gasteiger charge is -2.22. The van der Waals surface area contributed by atoms with Crippen LogP contribution in [0, 0.1) is 0 Å². The van der Waals surface area contributed by atoms with E-state index in [-0.39, 0.29) is 13.2 Å². The van der Waals surface area contributed by atoms with Crippen LogP contribution in [0.2, 0.25) is 0 Å². The first-order valence-corrected chi connectivity index (χ1v) is 9.53. The molecule has 3 rings (SSSR count). The highest BCUT2D eigenvalue weighted by Crippen LogP contribution is 2.22. The van der Waals surface area contributed by atoms with Crippen molar-refractivity contribution in [2.75, 3.05) is 20.3 Å². The number of halogens is 1. The number of imide groups is 2. The Morgan fingerprint density at radius 1 is 1.15 bits per heavy atom. The van der Waals surface area contributed by atoms with Crippen molar-refractivity contribution >= 4 is 33.8 Å². The van der Waals surface area contributed by atoms with E-state index in [2.05, 4.69) is 22.0 Å². The summed E-state index contributed by atoms with van der Waals surface area (Å²) in [7, 11) is 1.76. The zero-order valence-corrected chi connectivity index (χ0v) is 16.3. The van der Waals surface area contributed by atoms with Crippen LogP contribution in [0.25, 0.3) is 0 Å². The molecule has 0 spiro atoms. The first kappa shape index (κ1) is 18.8. The Morgan fingerprint density at radius 3 is 2.58 bits per heavy atom. The lowest BCUT2D eigenvalue weighted by Crippen LogP contribution is -2.40. The van der Waals surface area contributed by atoms with Gasteiger partial charge < -0.3 is 4.42 Å². The molecule has 0 saturated carbocycles. The second-order valence-electron chi connectivity index (χ2n) is 6.69. The van der Waals surface area contributed by atoms with Gasteiger partial charge in [0.1, 0.15) is 5.76 Å². The van der Waals surface area contributed by atoms with E-state index in [1.54, 1.807) is 18.0 Å². The van der Waals surface area contributed by atoms with Gasteiger partial charge in [0, 0.05) is 6.54 Å². The number of furan rings is 1. The van der Waals surface area contributed by atoms with E-state index in [9.17, 15) is 14.4 Å². The average molecular weight is 424 g/mol. The summed E-state index contributed by atoms with van der Waals surface area (Å²) in [5.74, 6) is -0.800. The highest BCUT2D eigenvalue weighted by atomic mass is 79.9. The van der Waals surface area contributed by atoms with E-state index in [0.29, 0.717) is 23.4 Å². The molecule has 4 amide bonds. The minimum absolute atomic E-state index is 0.0426. The number of hydrogen-bond acceptors (Lipinski definition) is 5. The van der Waals surface area contributed by atoms with Gasteiger partial charge in [-0.1, -0.05) is 11.6 Å². The molecule has 7 nitrogen and oxygen atoms in total. The van der Waals surface area contributed by atoms with Gasteiger partial charge in [-0.25, -0.2) is 9.69 Å².